The summed E-state index contributed by atoms with van der Waals surface area (Å²) in [6.45, 7) is 1.43. The van der Waals surface area contributed by atoms with Crippen molar-refractivity contribution in [1.29, 1.82) is 5.26 Å². The Bertz CT molecular complexity index is 75.5. The predicted molar refractivity (Wildman–Crippen MR) is 33.8 cm³/mol. The van der Waals surface area contributed by atoms with Crippen molar-refractivity contribution in [1.82, 2.24) is 0 Å². The van der Waals surface area contributed by atoms with Gasteiger partial charge in [0.25, 0.3) is 3.98 Å². The van der Waals surface area contributed by atoms with Gasteiger partial charge < -0.3 is 5.11 Å². The van der Waals surface area contributed by atoms with Gasteiger partial charge in [0.2, 0.25) is 0 Å². The van der Waals surface area contributed by atoms with Gasteiger partial charge in [0.15, 0.2) is 0 Å². The monoisotopic (exact) mass is 175 g/mol. The molecule has 48 valence electrons. The summed E-state index contributed by atoms with van der Waals surface area (Å²) in [6, 6.07) is 1.75. The maximum absolute atomic E-state index is 7.82. The van der Waals surface area contributed by atoms with E-state index in [9.17, 15) is 0 Å². The zero-order valence-corrected chi connectivity index (χ0v) is 6.30. The van der Waals surface area contributed by atoms with Crippen LogP contribution in [0, 0.1) is 11.3 Å². The van der Waals surface area contributed by atoms with Crippen molar-refractivity contribution in [3.63, 3.8) is 0 Å². The lowest BCUT2D eigenvalue weighted by Crippen LogP contribution is -1.95. The highest BCUT2D eigenvalue weighted by molar-refractivity contribution is 6.65. The Balaban J connectivity index is 0. The first-order valence-corrected chi connectivity index (χ1v) is 2.65. The van der Waals surface area contributed by atoms with Gasteiger partial charge in [-0.3, -0.25) is 0 Å². The van der Waals surface area contributed by atoms with Crippen molar-refractivity contribution < 1.29 is 5.11 Å². The molecule has 5 heteroatoms. The summed E-state index contributed by atoms with van der Waals surface area (Å²) in [5, 5.41) is 15.1. The number of rotatable bonds is 0. The van der Waals surface area contributed by atoms with Crippen LogP contribution in [0.25, 0.3) is 0 Å². The Hall–Kier alpha value is 0.320. The van der Waals surface area contributed by atoms with E-state index in [1.54, 1.807) is 6.07 Å². The Labute approximate surface area is 62.6 Å². The molecule has 0 saturated heterocycles. The fourth-order valence-corrected chi connectivity index (χ4v) is 0. The highest BCUT2D eigenvalue weighted by atomic mass is 35.6. The van der Waals surface area contributed by atoms with Crippen molar-refractivity contribution in [3.05, 3.63) is 0 Å². The van der Waals surface area contributed by atoms with Gasteiger partial charge >= 0.3 is 0 Å². The molecule has 0 aromatic carbocycles. The van der Waals surface area contributed by atoms with E-state index in [4.69, 9.17) is 10.4 Å². The fraction of sp³-hybridized carbons (Fsp3) is 0.667. The largest absolute Gasteiger partial charge is 0.350 e. The summed E-state index contributed by atoms with van der Waals surface area (Å²) < 4.78 is -2.08. The summed E-state index contributed by atoms with van der Waals surface area (Å²) >= 11 is 13.8. The van der Waals surface area contributed by atoms with Crippen LogP contribution < -0.4 is 0 Å². The molecule has 0 bridgehead atoms. The average Bonchev–Trinajstić information content (AvgIpc) is 1.27. The first kappa shape index (κ1) is 11.2. The topological polar surface area (TPSA) is 44.0 Å². The van der Waals surface area contributed by atoms with Crippen LogP contribution in [0.2, 0.25) is 0 Å². The van der Waals surface area contributed by atoms with Crippen LogP contribution in [-0.4, -0.2) is 9.09 Å². The van der Waals surface area contributed by atoms with E-state index in [0.29, 0.717) is 0 Å². The van der Waals surface area contributed by atoms with Crippen LogP contribution in [0.5, 0.6) is 0 Å². The van der Waals surface area contributed by atoms with Gasteiger partial charge in [0, 0.05) is 6.92 Å². The van der Waals surface area contributed by atoms with Crippen molar-refractivity contribution in [2.45, 2.75) is 10.9 Å². The summed E-state index contributed by atoms with van der Waals surface area (Å²) in [5.74, 6) is 0. The second-order valence-electron chi connectivity index (χ2n) is 0.691. The van der Waals surface area contributed by atoms with Crippen LogP contribution in [-0.2, 0) is 0 Å². The number of nitrogens with zero attached hydrogens (tertiary/aromatic N) is 1. The highest BCUT2D eigenvalue weighted by Gasteiger charge is 2.10. The maximum atomic E-state index is 7.82. The Morgan fingerprint density at radius 3 is 1.50 bits per heavy atom. The van der Waals surface area contributed by atoms with E-state index in [-0.39, 0.29) is 0 Å². The van der Waals surface area contributed by atoms with Crippen LogP contribution in [0.1, 0.15) is 6.92 Å². The molecule has 0 aromatic heterocycles. The molecule has 0 unspecified atom stereocenters. The molecule has 8 heavy (non-hydrogen) atoms. The molecule has 1 N–H and O–H groups in total. The minimum Gasteiger partial charge on any atom is -0.350 e. The van der Waals surface area contributed by atoms with Crippen molar-refractivity contribution in [2.24, 2.45) is 0 Å². The molecule has 0 fully saturated rings. The lowest BCUT2D eigenvalue weighted by molar-refractivity contribution is 0.297. The molecule has 0 heterocycles. The Morgan fingerprint density at radius 1 is 1.50 bits per heavy atom. The summed E-state index contributed by atoms with van der Waals surface area (Å²) in [4.78, 5) is 0. The number of aliphatic hydroxyl groups is 1. The first-order valence-electron chi connectivity index (χ1n) is 1.51. The number of halogens is 3. The first-order chi connectivity index (χ1) is 3.41. The van der Waals surface area contributed by atoms with E-state index >= 15 is 0 Å². The molecule has 0 aliphatic rings. The minimum absolute atomic E-state index is 1.43. The highest BCUT2D eigenvalue weighted by Crippen LogP contribution is 2.19. The molecule has 0 aromatic rings. The molecule has 0 aliphatic heterocycles. The molecular formula is C3H4Cl3NO. The van der Waals surface area contributed by atoms with Crippen LogP contribution in [0.4, 0.5) is 0 Å². The molecule has 0 rings (SSSR count). The van der Waals surface area contributed by atoms with Gasteiger partial charge in [-0.1, -0.05) is 34.8 Å². The molecule has 0 aliphatic carbocycles. The summed E-state index contributed by atoms with van der Waals surface area (Å²) in [7, 11) is 0. The second-order valence-corrected chi connectivity index (χ2v) is 2.91. The van der Waals surface area contributed by atoms with E-state index in [1.807, 2.05) is 0 Å². The van der Waals surface area contributed by atoms with Gasteiger partial charge in [-0.2, -0.15) is 5.26 Å². The third-order valence-corrected chi connectivity index (χ3v) is 0. The molecular weight excluding hydrogens is 172 g/mol. The lowest BCUT2D eigenvalue weighted by Gasteiger charge is -1.93. The Kier molecular flexibility index (Phi) is 7.61. The normalized spacial score (nSPS) is 8.50. The minimum atomic E-state index is -2.08. The average molecular weight is 176 g/mol. The Morgan fingerprint density at radius 2 is 1.50 bits per heavy atom. The van der Waals surface area contributed by atoms with Crippen LogP contribution in [0.3, 0.4) is 0 Å². The molecule has 2 nitrogen and oxygen atoms in total. The summed E-state index contributed by atoms with van der Waals surface area (Å²) in [6.07, 6.45) is 0. The number of nitriles is 1. The second kappa shape index (κ2) is 5.46. The van der Waals surface area contributed by atoms with E-state index in [2.05, 4.69) is 34.8 Å². The molecule has 0 amide bonds. The van der Waals surface area contributed by atoms with E-state index in [1.165, 1.54) is 6.92 Å². The van der Waals surface area contributed by atoms with Gasteiger partial charge in [-0.25, -0.2) is 0 Å². The number of alkyl halides is 3. The lowest BCUT2D eigenvalue weighted by atomic mass is 11.0. The molecule has 0 atom stereocenters. The van der Waals surface area contributed by atoms with Gasteiger partial charge in [-0.15, -0.1) is 0 Å². The summed E-state index contributed by atoms with van der Waals surface area (Å²) in [5.41, 5.74) is 0. The van der Waals surface area contributed by atoms with Crippen molar-refractivity contribution >= 4 is 34.8 Å². The standard InChI is InChI=1S/C2H3N.CHCl3O/c1-2-3;2-1(3,4)5/h1H3;5H. The SMILES string of the molecule is CC#N.OC(Cl)(Cl)Cl. The third-order valence-electron chi connectivity index (χ3n) is 0. The molecule has 0 spiro atoms. The van der Waals surface area contributed by atoms with E-state index < -0.39 is 3.98 Å². The number of hydrogen-bond donors (Lipinski definition) is 1. The fourth-order valence-electron chi connectivity index (χ4n) is 0. The molecule has 0 radical (unpaired) electrons. The quantitative estimate of drug-likeness (QED) is 0.572. The van der Waals surface area contributed by atoms with Crippen LogP contribution >= 0.6 is 34.8 Å². The zero-order chi connectivity index (χ0) is 7.21. The van der Waals surface area contributed by atoms with Crippen LogP contribution in [0.15, 0.2) is 0 Å². The maximum Gasteiger partial charge on any atom is 0.294 e. The predicted octanol–water partition coefficient (Wildman–Crippen LogP) is 1.84. The van der Waals surface area contributed by atoms with Crippen molar-refractivity contribution in [2.75, 3.05) is 0 Å². The van der Waals surface area contributed by atoms with Gasteiger partial charge in [0.1, 0.15) is 0 Å². The van der Waals surface area contributed by atoms with Gasteiger partial charge in [0.05, 0.1) is 6.07 Å². The smallest absolute Gasteiger partial charge is 0.294 e. The third kappa shape index (κ3) is 1750. The molecule has 0 saturated carbocycles. The number of hydrogen-bond acceptors (Lipinski definition) is 2. The van der Waals surface area contributed by atoms with E-state index in [0.717, 1.165) is 0 Å². The van der Waals surface area contributed by atoms with Crippen molar-refractivity contribution in [3.8, 4) is 6.07 Å². The van der Waals surface area contributed by atoms with Gasteiger partial charge in [-0.05, 0) is 0 Å². The zero-order valence-electron chi connectivity index (χ0n) is 4.03.